The van der Waals surface area contributed by atoms with E-state index >= 15 is 0 Å². The van der Waals surface area contributed by atoms with Crippen molar-refractivity contribution in [1.29, 1.82) is 0 Å². The van der Waals surface area contributed by atoms with E-state index in [4.69, 9.17) is 4.74 Å². The number of ether oxygens (including phenoxy) is 1. The number of aryl methyl sites for hydroxylation is 3. The van der Waals surface area contributed by atoms with E-state index in [9.17, 15) is 14.4 Å². The molecule has 0 saturated carbocycles. The number of nitrogens with one attached hydrogen (secondary N) is 2. The van der Waals surface area contributed by atoms with Crippen LogP contribution in [-0.2, 0) is 16.0 Å². The second-order valence-electron chi connectivity index (χ2n) is 7.93. The first-order valence-electron chi connectivity index (χ1n) is 9.85. The number of carbonyl (C=O) groups excluding carboxylic acids is 3. The van der Waals surface area contributed by atoms with E-state index < -0.39 is 23.4 Å². The van der Waals surface area contributed by atoms with Crippen LogP contribution in [0.1, 0.15) is 30.0 Å². The molecule has 7 heteroatoms. The Morgan fingerprint density at radius 1 is 1.10 bits per heavy atom. The number of imide groups is 1. The molecule has 0 radical (unpaired) electrons. The highest BCUT2D eigenvalue weighted by molar-refractivity contribution is 6.09. The van der Waals surface area contributed by atoms with Crippen LogP contribution in [0.5, 0.6) is 5.75 Å². The first-order chi connectivity index (χ1) is 14.2. The van der Waals surface area contributed by atoms with Crippen molar-refractivity contribution in [3.63, 3.8) is 0 Å². The van der Waals surface area contributed by atoms with Crippen LogP contribution >= 0.6 is 0 Å². The summed E-state index contributed by atoms with van der Waals surface area (Å²) in [6.07, 6.45) is 1.04. The van der Waals surface area contributed by atoms with E-state index in [-0.39, 0.29) is 6.54 Å². The number of carbonyl (C=O) groups is 3. The molecule has 0 spiro atoms. The summed E-state index contributed by atoms with van der Waals surface area (Å²) in [5.41, 5.74) is 2.67. The molecule has 30 heavy (non-hydrogen) atoms. The Bertz CT molecular complexity index is 951. The van der Waals surface area contributed by atoms with Crippen LogP contribution in [0.3, 0.4) is 0 Å². The highest BCUT2D eigenvalue weighted by Crippen LogP contribution is 2.24. The molecule has 4 amide bonds. The van der Waals surface area contributed by atoms with Crippen LogP contribution in [0.4, 0.5) is 10.5 Å². The zero-order chi connectivity index (χ0) is 21.9. The van der Waals surface area contributed by atoms with Gasteiger partial charge in [0.15, 0.2) is 0 Å². The number of anilines is 1. The first kappa shape index (κ1) is 21.4. The summed E-state index contributed by atoms with van der Waals surface area (Å²) in [5.74, 6) is -0.0457. The molecule has 0 aliphatic carbocycles. The van der Waals surface area contributed by atoms with Gasteiger partial charge in [-0.3, -0.25) is 14.5 Å². The lowest BCUT2D eigenvalue weighted by atomic mass is 9.93. The smallest absolute Gasteiger partial charge is 0.325 e. The Hall–Kier alpha value is -3.35. The van der Waals surface area contributed by atoms with Crippen molar-refractivity contribution in [3.05, 3.63) is 59.2 Å². The van der Waals surface area contributed by atoms with Gasteiger partial charge in [0.05, 0.1) is 7.11 Å². The maximum absolute atomic E-state index is 12.9. The van der Waals surface area contributed by atoms with Crippen LogP contribution in [0, 0.1) is 13.8 Å². The number of hydrogen-bond acceptors (Lipinski definition) is 4. The number of rotatable bonds is 7. The second kappa shape index (κ2) is 8.57. The standard InChI is InChI=1S/C23H27N3O4/c1-15-11-16(2)13-18(12-15)24-20(27)14-26-21(28)23(3,25-22(26)29)10-9-17-5-7-19(30-4)8-6-17/h5-8,11-13H,9-10,14H2,1-4H3,(H,24,27)(H,25,29)/t23-/m1/s1. The van der Waals surface area contributed by atoms with Gasteiger partial charge in [-0.05, 0) is 74.6 Å². The summed E-state index contributed by atoms with van der Waals surface area (Å²) in [4.78, 5) is 38.7. The third-order valence-electron chi connectivity index (χ3n) is 5.23. The van der Waals surface area contributed by atoms with E-state index in [0.29, 0.717) is 18.5 Å². The van der Waals surface area contributed by atoms with Gasteiger partial charge in [-0.1, -0.05) is 18.2 Å². The van der Waals surface area contributed by atoms with Gasteiger partial charge in [0.1, 0.15) is 17.8 Å². The van der Waals surface area contributed by atoms with E-state index in [2.05, 4.69) is 10.6 Å². The molecule has 0 aromatic heterocycles. The summed E-state index contributed by atoms with van der Waals surface area (Å²) in [6.45, 7) is 5.25. The zero-order valence-electron chi connectivity index (χ0n) is 17.7. The molecule has 7 nitrogen and oxygen atoms in total. The fraction of sp³-hybridized carbons (Fsp3) is 0.348. The quantitative estimate of drug-likeness (QED) is 0.688. The molecule has 1 aliphatic rings. The maximum atomic E-state index is 12.9. The third-order valence-corrected chi connectivity index (χ3v) is 5.23. The summed E-state index contributed by atoms with van der Waals surface area (Å²) >= 11 is 0. The summed E-state index contributed by atoms with van der Waals surface area (Å²) in [6, 6.07) is 12.7. The van der Waals surface area contributed by atoms with Gasteiger partial charge in [0.2, 0.25) is 5.91 Å². The first-order valence-corrected chi connectivity index (χ1v) is 9.85. The third kappa shape index (κ3) is 4.79. The predicted molar refractivity (Wildman–Crippen MR) is 115 cm³/mol. The number of nitrogens with zero attached hydrogens (tertiary/aromatic N) is 1. The zero-order valence-corrected chi connectivity index (χ0v) is 17.7. The molecule has 1 fully saturated rings. The SMILES string of the molecule is COc1ccc(CC[C@@]2(C)NC(=O)N(CC(=O)Nc3cc(C)cc(C)c3)C2=O)cc1. The average molecular weight is 409 g/mol. The van der Waals surface area contributed by atoms with Crippen molar-refractivity contribution >= 4 is 23.5 Å². The van der Waals surface area contributed by atoms with Gasteiger partial charge in [0, 0.05) is 5.69 Å². The number of benzene rings is 2. The largest absolute Gasteiger partial charge is 0.497 e. The van der Waals surface area contributed by atoms with Gasteiger partial charge in [-0.25, -0.2) is 4.79 Å². The maximum Gasteiger partial charge on any atom is 0.325 e. The molecular weight excluding hydrogens is 382 g/mol. The van der Waals surface area contributed by atoms with Crippen molar-refractivity contribution in [2.75, 3.05) is 19.0 Å². The van der Waals surface area contributed by atoms with Crippen molar-refractivity contribution in [2.24, 2.45) is 0 Å². The molecule has 1 atom stereocenters. The van der Waals surface area contributed by atoms with Gasteiger partial charge in [-0.15, -0.1) is 0 Å². The second-order valence-corrected chi connectivity index (χ2v) is 7.93. The molecule has 1 heterocycles. The Labute approximate surface area is 176 Å². The fourth-order valence-corrected chi connectivity index (χ4v) is 3.64. The monoisotopic (exact) mass is 409 g/mol. The molecule has 1 saturated heterocycles. The lowest BCUT2D eigenvalue weighted by Crippen LogP contribution is -2.45. The van der Waals surface area contributed by atoms with Crippen LogP contribution in [0.15, 0.2) is 42.5 Å². The lowest BCUT2D eigenvalue weighted by molar-refractivity contribution is -0.133. The van der Waals surface area contributed by atoms with Gasteiger partial charge >= 0.3 is 6.03 Å². The van der Waals surface area contributed by atoms with Gasteiger partial charge < -0.3 is 15.4 Å². The Morgan fingerprint density at radius 3 is 2.33 bits per heavy atom. The number of amides is 4. The van der Waals surface area contributed by atoms with Crippen LogP contribution in [0.2, 0.25) is 0 Å². The molecule has 2 aromatic carbocycles. The molecule has 0 unspecified atom stereocenters. The van der Waals surface area contributed by atoms with Crippen LogP contribution in [0.25, 0.3) is 0 Å². The lowest BCUT2D eigenvalue weighted by Gasteiger charge is -2.21. The van der Waals surface area contributed by atoms with Crippen molar-refractivity contribution in [2.45, 2.75) is 39.2 Å². The van der Waals surface area contributed by atoms with Crippen LogP contribution in [-0.4, -0.2) is 41.9 Å². The summed E-state index contributed by atoms with van der Waals surface area (Å²) < 4.78 is 5.15. The van der Waals surface area contributed by atoms with Crippen molar-refractivity contribution < 1.29 is 19.1 Å². The van der Waals surface area contributed by atoms with E-state index in [0.717, 1.165) is 27.3 Å². The van der Waals surface area contributed by atoms with E-state index in [1.807, 2.05) is 56.3 Å². The molecular formula is C23H27N3O4. The van der Waals surface area contributed by atoms with Crippen molar-refractivity contribution in [3.8, 4) is 5.75 Å². The molecule has 158 valence electrons. The van der Waals surface area contributed by atoms with Crippen molar-refractivity contribution in [1.82, 2.24) is 10.2 Å². The Balaban J connectivity index is 1.61. The number of methoxy groups -OCH3 is 1. The van der Waals surface area contributed by atoms with E-state index in [1.165, 1.54) is 0 Å². The van der Waals surface area contributed by atoms with Crippen LogP contribution < -0.4 is 15.4 Å². The van der Waals surface area contributed by atoms with Gasteiger partial charge in [0.25, 0.3) is 5.91 Å². The predicted octanol–water partition coefficient (Wildman–Crippen LogP) is 3.19. The highest BCUT2D eigenvalue weighted by atomic mass is 16.5. The average Bonchev–Trinajstić information content (AvgIpc) is 2.89. The minimum absolute atomic E-state index is 0.324. The molecule has 1 aliphatic heterocycles. The number of hydrogen-bond donors (Lipinski definition) is 2. The Kier molecular flexibility index (Phi) is 6.10. The summed E-state index contributed by atoms with van der Waals surface area (Å²) in [7, 11) is 1.60. The van der Waals surface area contributed by atoms with Gasteiger partial charge in [-0.2, -0.15) is 0 Å². The molecule has 2 N–H and O–H groups in total. The Morgan fingerprint density at radius 2 is 1.73 bits per heavy atom. The minimum Gasteiger partial charge on any atom is -0.497 e. The topological polar surface area (TPSA) is 87.7 Å². The number of urea groups is 1. The fourth-order valence-electron chi connectivity index (χ4n) is 3.64. The normalized spacial score (nSPS) is 18.3. The molecule has 0 bridgehead atoms. The summed E-state index contributed by atoms with van der Waals surface area (Å²) in [5, 5.41) is 5.51. The minimum atomic E-state index is -1.04. The molecule has 2 aromatic rings. The highest BCUT2D eigenvalue weighted by Gasteiger charge is 2.47. The molecule has 3 rings (SSSR count). The van der Waals surface area contributed by atoms with E-state index in [1.54, 1.807) is 14.0 Å².